The number of carbonyl (C=O) groups excluding carboxylic acids is 1. The van der Waals surface area contributed by atoms with Crippen molar-refractivity contribution >= 4 is 5.91 Å². The van der Waals surface area contributed by atoms with Gasteiger partial charge in [-0.15, -0.1) is 0 Å². The first kappa shape index (κ1) is 13.4. The van der Waals surface area contributed by atoms with Gasteiger partial charge >= 0.3 is 0 Å². The summed E-state index contributed by atoms with van der Waals surface area (Å²) in [6, 6.07) is 0.0366. The summed E-state index contributed by atoms with van der Waals surface area (Å²) in [5, 5.41) is 3.16. The second kappa shape index (κ2) is 5.79. The molecule has 20 heavy (non-hydrogen) atoms. The van der Waals surface area contributed by atoms with Crippen molar-refractivity contribution in [2.75, 3.05) is 6.61 Å². The summed E-state index contributed by atoms with van der Waals surface area (Å²) in [5.41, 5.74) is 0. The molecule has 3 rings (SSSR count). The molecule has 0 aromatic carbocycles. The van der Waals surface area contributed by atoms with E-state index < -0.39 is 0 Å². The lowest BCUT2D eigenvalue weighted by Gasteiger charge is -2.23. The van der Waals surface area contributed by atoms with Gasteiger partial charge in [-0.05, 0) is 25.7 Å². The zero-order chi connectivity index (χ0) is 13.9. The Hall–Kier alpha value is -1.62. The van der Waals surface area contributed by atoms with Gasteiger partial charge in [0.15, 0.2) is 0 Å². The molecule has 5 nitrogen and oxygen atoms in total. The quantitative estimate of drug-likeness (QED) is 0.855. The number of hydrogen-bond acceptors (Lipinski definition) is 3. The number of ether oxygens (including phenoxy) is 1. The highest BCUT2D eigenvalue weighted by Crippen LogP contribution is 2.28. The summed E-state index contributed by atoms with van der Waals surface area (Å²) in [7, 11) is 1.95. The molecule has 2 aliphatic rings. The lowest BCUT2D eigenvalue weighted by molar-refractivity contribution is -0.126. The smallest absolute Gasteiger partial charge is 0.223 e. The number of nitrogens with one attached hydrogen (secondary N) is 1. The molecule has 5 heteroatoms. The minimum atomic E-state index is -0.127. The standard InChI is InChI=1S/C15H21N3O2/c1-18-9-8-16-14(18)13-12(7-10-20-13)17-15(19)11-5-3-2-4-6-11/h2-3,8-9,11-13H,4-7,10H2,1H3,(H,17,19)/t11?,12-,13-/m0/s1. The third-order valence-electron chi connectivity index (χ3n) is 4.17. The summed E-state index contributed by atoms with van der Waals surface area (Å²) in [5.74, 6) is 1.16. The molecule has 1 unspecified atom stereocenters. The van der Waals surface area contributed by atoms with Gasteiger partial charge in [0, 0.05) is 32.0 Å². The van der Waals surface area contributed by atoms with Gasteiger partial charge in [-0.2, -0.15) is 0 Å². The summed E-state index contributed by atoms with van der Waals surface area (Å²) in [4.78, 5) is 16.7. The normalized spacial score (nSPS) is 29.6. The minimum Gasteiger partial charge on any atom is -0.368 e. The fourth-order valence-corrected chi connectivity index (χ4v) is 2.98. The zero-order valence-corrected chi connectivity index (χ0v) is 11.8. The molecule has 0 bridgehead atoms. The van der Waals surface area contributed by atoms with Crippen LogP contribution in [-0.4, -0.2) is 28.1 Å². The first-order chi connectivity index (χ1) is 9.75. The number of allylic oxidation sites excluding steroid dienone is 2. The molecule has 1 aromatic heterocycles. The maximum atomic E-state index is 12.3. The monoisotopic (exact) mass is 275 g/mol. The molecule has 1 N–H and O–H groups in total. The summed E-state index contributed by atoms with van der Waals surface area (Å²) < 4.78 is 7.72. The van der Waals surface area contributed by atoms with Crippen LogP contribution in [0, 0.1) is 5.92 Å². The Balaban J connectivity index is 1.65. The maximum Gasteiger partial charge on any atom is 0.223 e. The SMILES string of the molecule is Cn1ccnc1[C@H]1OCC[C@@H]1NC(=O)C1CC=CCC1. The van der Waals surface area contributed by atoms with Crippen molar-refractivity contribution in [1.82, 2.24) is 14.9 Å². The molecule has 1 aromatic rings. The van der Waals surface area contributed by atoms with Gasteiger partial charge in [0.1, 0.15) is 11.9 Å². The van der Waals surface area contributed by atoms with Crippen molar-refractivity contribution in [2.24, 2.45) is 13.0 Å². The van der Waals surface area contributed by atoms with Crippen molar-refractivity contribution in [2.45, 2.75) is 37.8 Å². The number of imidazole rings is 1. The van der Waals surface area contributed by atoms with E-state index in [1.165, 1.54) is 0 Å². The number of hydrogen-bond donors (Lipinski definition) is 1. The maximum absolute atomic E-state index is 12.3. The van der Waals surface area contributed by atoms with Crippen LogP contribution in [0.5, 0.6) is 0 Å². The molecule has 1 aliphatic carbocycles. The first-order valence-corrected chi connectivity index (χ1v) is 7.30. The Bertz CT molecular complexity index is 509. The molecular formula is C15H21N3O2. The molecule has 0 radical (unpaired) electrons. The Morgan fingerprint density at radius 3 is 3.05 bits per heavy atom. The number of aryl methyl sites for hydroxylation is 1. The van der Waals surface area contributed by atoms with Crippen LogP contribution < -0.4 is 5.32 Å². The molecule has 1 aliphatic heterocycles. The van der Waals surface area contributed by atoms with E-state index in [-0.39, 0.29) is 24.0 Å². The largest absolute Gasteiger partial charge is 0.368 e. The average Bonchev–Trinajstić information content (AvgIpc) is 3.08. The van der Waals surface area contributed by atoms with E-state index in [9.17, 15) is 4.79 Å². The predicted octanol–water partition coefficient (Wildman–Crippen LogP) is 1.72. The van der Waals surface area contributed by atoms with Crippen molar-refractivity contribution < 1.29 is 9.53 Å². The van der Waals surface area contributed by atoms with E-state index in [1.807, 2.05) is 17.8 Å². The molecule has 1 saturated heterocycles. The second-order valence-corrected chi connectivity index (χ2v) is 5.57. The number of carbonyl (C=O) groups is 1. The van der Waals surface area contributed by atoms with Crippen LogP contribution in [0.2, 0.25) is 0 Å². The van der Waals surface area contributed by atoms with E-state index >= 15 is 0 Å². The van der Waals surface area contributed by atoms with Crippen molar-refractivity contribution in [1.29, 1.82) is 0 Å². The summed E-state index contributed by atoms with van der Waals surface area (Å²) in [6.07, 6.45) is 11.5. The highest BCUT2D eigenvalue weighted by Gasteiger charge is 2.34. The van der Waals surface area contributed by atoms with Gasteiger partial charge in [-0.3, -0.25) is 4.79 Å². The molecule has 0 spiro atoms. The first-order valence-electron chi connectivity index (χ1n) is 7.30. The van der Waals surface area contributed by atoms with Crippen LogP contribution in [-0.2, 0) is 16.6 Å². The van der Waals surface area contributed by atoms with Crippen LogP contribution in [0.3, 0.4) is 0 Å². The van der Waals surface area contributed by atoms with Gasteiger partial charge < -0.3 is 14.6 Å². The molecule has 1 amide bonds. The molecule has 108 valence electrons. The molecular weight excluding hydrogens is 254 g/mol. The lowest BCUT2D eigenvalue weighted by Crippen LogP contribution is -2.41. The van der Waals surface area contributed by atoms with Gasteiger partial charge in [-0.25, -0.2) is 4.98 Å². The van der Waals surface area contributed by atoms with Crippen LogP contribution in [0.15, 0.2) is 24.5 Å². The van der Waals surface area contributed by atoms with Gasteiger partial charge in [0.2, 0.25) is 5.91 Å². The minimum absolute atomic E-state index is 0.0366. The number of aromatic nitrogens is 2. The topological polar surface area (TPSA) is 56.1 Å². The fourth-order valence-electron chi connectivity index (χ4n) is 2.98. The number of rotatable bonds is 3. The average molecular weight is 275 g/mol. The fraction of sp³-hybridized carbons (Fsp3) is 0.600. The Labute approximate surface area is 119 Å². The number of nitrogens with zero attached hydrogens (tertiary/aromatic N) is 2. The van der Waals surface area contributed by atoms with Gasteiger partial charge in [0.25, 0.3) is 0 Å². The van der Waals surface area contributed by atoms with Crippen molar-refractivity contribution in [3.05, 3.63) is 30.4 Å². The van der Waals surface area contributed by atoms with Crippen molar-refractivity contribution in [3.63, 3.8) is 0 Å². The highest BCUT2D eigenvalue weighted by atomic mass is 16.5. The Morgan fingerprint density at radius 1 is 1.45 bits per heavy atom. The zero-order valence-electron chi connectivity index (χ0n) is 11.8. The van der Waals surface area contributed by atoms with Crippen LogP contribution >= 0.6 is 0 Å². The van der Waals surface area contributed by atoms with E-state index in [1.54, 1.807) is 6.20 Å². The summed E-state index contributed by atoms with van der Waals surface area (Å²) >= 11 is 0. The van der Waals surface area contributed by atoms with Crippen LogP contribution in [0.25, 0.3) is 0 Å². The molecule has 3 atom stereocenters. The van der Waals surface area contributed by atoms with E-state index in [4.69, 9.17) is 4.74 Å². The molecule has 1 fully saturated rings. The van der Waals surface area contributed by atoms with Crippen molar-refractivity contribution in [3.8, 4) is 0 Å². The third-order valence-corrected chi connectivity index (χ3v) is 4.17. The Kier molecular flexibility index (Phi) is 3.87. The Morgan fingerprint density at radius 2 is 2.35 bits per heavy atom. The number of amides is 1. The third kappa shape index (κ3) is 2.63. The molecule has 2 heterocycles. The molecule has 0 saturated carbocycles. The van der Waals surface area contributed by atoms with Crippen LogP contribution in [0.4, 0.5) is 0 Å². The van der Waals surface area contributed by atoms with Crippen LogP contribution in [0.1, 0.15) is 37.6 Å². The second-order valence-electron chi connectivity index (χ2n) is 5.57. The van der Waals surface area contributed by atoms with E-state index in [2.05, 4.69) is 22.5 Å². The van der Waals surface area contributed by atoms with Gasteiger partial charge in [0.05, 0.1) is 6.04 Å². The van der Waals surface area contributed by atoms with E-state index in [0.29, 0.717) is 6.61 Å². The lowest BCUT2D eigenvalue weighted by atomic mass is 9.93. The predicted molar refractivity (Wildman–Crippen MR) is 74.9 cm³/mol. The van der Waals surface area contributed by atoms with Gasteiger partial charge in [-0.1, -0.05) is 12.2 Å². The summed E-state index contributed by atoms with van der Waals surface area (Å²) in [6.45, 7) is 0.674. The highest BCUT2D eigenvalue weighted by molar-refractivity contribution is 5.79. The van der Waals surface area contributed by atoms with E-state index in [0.717, 1.165) is 31.5 Å².